The van der Waals surface area contributed by atoms with E-state index in [2.05, 4.69) is 5.32 Å². The second-order valence-corrected chi connectivity index (χ2v) is 5.99. The van der Waals surface area contributed by atoms with Crippen molar-refractivity contribution in [2.45, 2.75) is 12.8 Å². The van der Waals surface area contributed by atoms with E-state index >= 15 is 0 Å². The summed E-state index contributed by atoms with van der Waals surface area (Å²) in [6.45, 7) is 0. The van der Waals surface area contributed by atoms with Gasteiger partial charge in [0.15, 0.2) is 5.78 Å². The average Bonchev–Trinajstić information content (AvgIpc) is 2.92. The number of Topliss-reactive ketones (excluding diaryl/α,β-unsaturated/α-hetero) is 1. The summed E-state index contributed by atoms with van der Waals surface area (Å²) in [5, 5.41) is 2.73. The molecule has 1 heterocycles. The third-order valence-electron chi connectivity index (χ3n) is 2.81. The van der Waals surface area contributed by atoms with E-state index in [-0.39, 0.29) is 24.5 Å². The number of para-hydroxylation sites is 2. The molecule has 110 valence electrons. The van der Waals surface area contributed by atoms with E-state index in [9.17, 15) is 9.59 Å². The number of hydrogen-bond acceptors (Lipinski definition) is 4. The van der Waals surface area contributed by atoms with Crippen molar-refractivity contribution in [3.05, 3.63) is 45.6 Å². The molecule has 0 spiro atoms. The van der Waals surface area contributed by atoms with Gasteiger partial charge in [-0.15, -0.1) is 11.3 Å². The van der Waals surface area contributed by atoms with Crippen LogP contribution in [0.25, 0.3) is 0 Å². The molecule has 0 atom stereocenters. The van der Waals surface area contributed by atoms with Crippen molar-refractivity contribution in [1.29, 1.82) is 0 Å². The van der Waals surface area contributed by atoms with Gasteiger partial charge in [0.2, 0.25) is 5.91 Å². The topological polar surface area (TPSA) is 55.4 Å². The van der Waals surface area contributed by atoms with Crippen LogP contribution in [0.1, 0.15) is 22.5 Å². The van der Waals surface area contributed by atoms with Gasteiger partial charge in [-0.25, -0.2) is 0 Å². The molecule has 2 aromatic rings. The highest BCUT2D eigenvalue weighted by Crippen LogP contribution is 2.24. The number of ether oxygens (including phenoxy) is 1. The van der Waals surface area contributed by atoms with Gasteiger partial charge < -0.3 is 10.1 Å². The van der Waals surface area contributed by atoms with Gasteiger partial charge in [-0.3, -0.25) is 9.59 Å². The Bertz CT molecular complexity index is 654. The van der Waals surface area contributed by atoms with Crippen LogP contribution < -0.4 is 10.1 Å². The molecule has 0 fully saturated rings. The number of methoxy groups -OCH3 is 1. The van der Waals surface area contributed by atoms with Crippen molar-refractivity contribution in [2.75, 3.05) is 12.4 Å². The number of carbonyl (C=O) groups is 2. The lowest BCUT2D eigenvalue weighted by Crippen LogP contribution is -2.13. The molecule has 0 aliphatic heterocycles. The maximum absolute atomic E-state index is 11.9. The average molecular weight is 324 g/mol. The minimum Gasteiger partial charge on any atom is -0.495 e. The molecule has 0 saturated carbocycles. The molecule has 0 unspecified atom stereocenters. The number of ketones is 1. The Balaban J connectivity index is 1.89. The van der Waals surface area contributed by atoms with E-state index in [0.29, 0.717) is 20.7 Å². The fourth-order valence-corrected chi connectivity index (χ4v) is 2.79. The molecule has 1 aromatic heterocycles. The Hall–Kier alpha value is -1.85. The third-order valence-corrected chi connectivity index (χ3v) is 4.08. The van der Waals surface area contributed by atoms with Crippen molar-refractivity contribution < 1.29 is 14.3 Å². The first-order valence-corrected chi connectivity index (χ1v) is 7.51. The number of nitrogens with one attached hydrogen (secondary N) is 1. The van der Waals surface area contributed by atoms with Gasteiger partial charge in [-0.05, 0) is 24.3 Å². The largest absolute Gasteiger partial charge is 0.495 e. The van der Waals surface area contributed by atoms with Crippen molar-refractivity contribution in [3.8, 4) is 5.75 Å². The Kier molecular flexibility index (Phi) is 5.36. The standard InChI is InChI=1S/C15H14ClNO3S/c1-20-12-5-3-2-4-10(12)17-15(19)9-6-11(18)13-7-8-14(16)21-13/h2-5,7-8H,6,9H2,1H3,(H,17,19). The van der Waals surface area contributed by atoms with Crippen molar-refractivity contribution in [1.82, 2.24) is 0 Å². The Morgan fingerprint density at radius 2 is 1.95 bits per heavy atom. The van der Waals surface area contributed by atoms with Crippen molar-refractivity contribution >= 4 is 40.3 Å². The zero-order valence-corrected chi connectivity index (χ0v) is 13.0. The number of amides is 1. The van der Waals surface area contributed by atoms with Gasteiger partial charge in [0.1, 0.15) is 5.75 Å². The van der Waals surface area contributed by atoms with Crippen LogP contribution >= 0.6 is 22.9 Å². The fourth-order valence-electron chi connectivity index (χ4n) is 1.78. The van der Waals surface area contributed by atoms with Gasteiger partial charge in [0.25, 0.3) is 0 Å². The second kappa shape index (κ2) is 7.24. The normalized spacial score (nSPS) is 10.2. The van der Waals surface area contributed by atoms with Gasteiger partial charge in [-0.1, -0.05) is 23.7 Å². The molecule has 1 N–H and O–H groups in total. The molecule has 6 heteroatoms. The Morgan fingerprint density at radius 3 is 2.62 bits per heavy atom. The monoisotopic (exact) mass is 323 g/mol. The van der Waals surface area contributed by atoms with E-state index in [1.807, 2.05) is 6.07 Å². The molecule has 1 aromatic carbocycles. The molecule has 1 amide bonds. The predicted octanol–water partition coefficient (Wildman–Crippen LogP) is 4.01. The Labute approximate surface area is 131 Å². The number of rotatable bonds is 6. The summed E-state index contributed by atoms with van der Waals surface area (Å²) >= 11 is 7.00. The number of anilines is 1. The minimum absolute atomic E-state index is 0.0814. The van der Waals surface area contributed by atoms with Crippen LogP contribution in [0.15, 0.2) is 36.4 Å². The second-order valence-electron chi connectivity index (χ2n) is 4.28. The summed E-state index contributed by atoms with van der Waals surface area (Å²) in [6.07, 6.45) is 0.268. The lowest BCUT2D eigenvalue weighted by molar-refractivity contribution is -0.116. The molecule has 0 radical (unpaired) electrons. The summed E-state index contributed by atoms with van der Waals surface area (Å²) in [5.74, 6) is 0.278. The SMILES string of the molecule is COc1ccccc1NC(=O)CCC(=O)c1ccc(Cl)s1. The van der Waals surface area contributed by atoms with E-state index in [0.717, 1.165) is 0 Å². The molecular weight excluding hydrogens is 310 g/mol. The summed E-state index contributed by atoms with van der Waals surface area (Å²) in [5.41, 5.74) is 0.594. The molecule has 0 aliphatic carbocycles. The van der Waals surface area contributed by atoms with E-state index in [1.165, 1.54) is 18.4 Å². The van der Waals surface area contributed by atoms with E-state index in [4.69, 9.17) is 16.3 Å². The molecule has 0 bridgehead atoms. The minimum atomic E-state index is -0.226. The molecule has 4 nitrogen and oxygen atoms in total. The highest BCUT2D eigenvalue weighted by Gasteiger charge is 2.12. The first kappa shape index (κ1) is 15.5. The molecule has 21 heavy (non-hydrogen) atoms. The van der Waals surface area contributed by atoms with E-state index in [1.54, 1.807) is 30.3 Å². The quantitative estimate of drug-likeness (QED) is 0.817. The summed E-state index contributed by atoms with van der Waals surface area (Å²) in [7, 11) is 1.54. The number of thiophene rings is 1. The van der Waals surface area contributed by atoms with E-state index < -0.39 is 0 Å². The van der Waals surface area contributed by atoms with Gasteiger partial charge in [0.05, 0.1) is 22.0 Å². The zero-order valence-electron chi connectivity index (χ0n) is 11.4. The molecular formula is C15H14ClNO3S. The fraction of sp³-hybridized carbons (Fsp3) is 0.200. The lowest BCUT2D eigenvalue weighted by Gasteiger charge is -2.09. The molecule has 0 aliphatic rings. The highest BCUT2D eigenvalue weighted by molar-refractivity contribution is 7.18. The molecule has 0 saturated heterocycles. The number of benzene rings is 1. The van der Waals surface area contributed by atoms with Gasteiger partial charge in [-0.2, -0.15) is 0 Å². The maximum atomic E-state index is 11.9. The van der Waals surface area contributed by atoms with Crippen LogP contribution in [0, 0.1) is 0 Å². The third kappa shape index (κ3) is 4.31. The summed E-state index contributed by atoms with van der Waals surface area (Å²) in [4.78, 5) is 24.3. The smallest absolute Gasteiger partial charge is 0.224 e. The first-order valence-electron chi connectivity index (χ1n) is 6.31. The van der Waals surface area contributed by atoms with Crippen LogP contribution in [0.4, 0.5) is 5.69 Å². The van der Waals surface area contributed by atoms with Gasteiger partial charge >= 0.3 is 0 Å². The summed E-state index contributed by atoms with van der Waals surface area (Å²) in [6, 6.07) is 10.5. The maximum Gasteiger partial charge on any atom is 0.224 e. The van der Waals surface area contributed by atoms with Gasteiger partial charge in [0, 0.05) is 12.8 Å². The zero-order chi connectivity index (χ0) is 15.2. The lowest BCUT2D eigenvalue weighted by atomic mass is 10.2. The Morgan fingerprint density at radius 1 is 1.19 bits per heavy atom. The van der Waals surface area contributed by atoms with Crippen molar-refractivity contribution in [3.63, 3.8) is 0 Å². The highest BCUT2D eigenvalue weighted by atomic mass is 35.5. The van der Waals surface area contributed by atoms with Crippen LogP contribution in [-0.2, 0) is 4.79 Å². The predicted molar refractivity (Wildman–Crippen MR) is 84.5 cm³/mol. The first-order chi connectivity index (χ1) is 10.1. The van der Waals surface area contributed by atoms with Crippen molar-refractivity contribution in [2.24, 2.45) is 0 Å². The van der Waals surface area contributed by atoms with Crippen LogP contribution in [0.2, 0.25) is 4.34 Å². The van der Waals surface area contributed by atoms with Crippen LogP contribution in [0.3, 0.4) is 0 Å². The molecule has 2 rings (SSSR count). The van der Waals surface area contributed by atoms with Crippen LogP contribution in [0.5, 0.6) is 5.75 Å². The van der Waals surface area contributed by atoms with Crippen LogP contribution in [-0.4, -0.2) is 18.8 Å². The number of carbonyl (C=O) groups excluding carboxylic acids is 2. The number of halogens is 1. The number of hydrogen-bond donors (Lipinski definition) is 1. The summed E-state index contributed by atoms with van der Waals surface area (Å²) < 4.78 is 5.72.